The Bertz CT molecular complexity index is 1580. The number of aromatic nitrogens is 8. The number of benzene rings is 2. The van der Waals surface area contributed by atoms with Gasteiger partial charge in [-0.3, -0.25) is 9.59 Å². The molecule has 0 aliphatic heterocycles. The first-order valence-electron chi connectivity index (χ1n) is 11.2. The molecule has 176 valence electrons. The van der Waals surface area contributed by atoms with Crippen molar-refractivity contribution in [2.75, 3.05) is 0 Å². The zero-order chi connectivity index (χ0) is 24.6. The average Bonchev–Trinajstić information content (AvgIpc) is 3.48. The Balaban J connectivity index is 1.70. The third-order valence-electron chi connectivity index (χ3n) is 5.73. The van der Waals surface area contributed by atoms with Crippen molar-refractivity contribution in [1.82, 2.24) is 40.4 Å². The normalized spacial score (nSPS) is 11.7. The summed E-state index contributed by atoms with van der Waals surface area (Å²) >= 11 is 0. The maximum absolute atomic E-state index is 12.9. The van der Waals surface area contributed by atoms with E-state index >= 15 is 0 Å². The van der Waals surface area contributed by atoms with Crippen LogP contribution in [0.4, 0.5) is 0 Å². The molecule has 0 aliphatic carbocycles. The second-order valence-corrected chi connectivity index (χ2v) is 9.54. The average molecular weight is 469 g/mol. The zero-order valence-corrected chi connectivity index (χ0v) is 19.6. The number of aldehydes is 1. The fourth-order valence-electron chi connectivity index (χ4n) is 4.27. The van der Waals surface area contributed by atoms with Gasteiger partial charge in [0.05, 0.1) is 6.54 Å². The number of nitrogens with one attached hydrogen (secondary N) is 2. The van der Waals surface area contributed by atoms with Gasteiger partial charge in [-0.2, -0.15) is 10.3 Å². The van der Waals surface area contributed by atoms with Gasteiger partial charge in [-0.15, -0.1) is 10.2 Å². The summed E-state index contributed by atoms with van der Waals surface area (Å²) in [5.74, 6) is 1.21. The van der Waals surface area contributed by atoms with Gasteiger partial charge < -0.3 is 4.57 Å². The Morgan fingerprint density at radius 3 is 2.37 bits per heavy atom. The van der Waals surface area contributed by atoms with Crippen LogP contribution in [0.5, 0.6) is 0 Å². The van der Waals surface area contributed by atoms with E-state index in [9.17, 15) is 9.59 Å². The molecule has 10 nitrogen and oxygen atoms in total. The second kappa shape index (κ2) is 8.71. The molecule has 3 aromatic heterocycles. The molecule has 0 bridgehead atoms. The lowest BCUT2D eigenvalue weighted by Gasteiger charge is -2.20. The Morgan fingerprint density at radius 1 is 0.971 bits per heavy atom. The quantitative estimate of drug-likeness (QED) is 0.365. The van der Waals surface area contributed by atoms with Crippen LogP contribution in [0.2, 0.25) is 0 Å². The number of tetrazole rings is 1. The van der Waals surface area contributed by atoms with E-state index < -0.39 is 0 Å². The molecule has 0 amide bonds. The second-order valence-electron chi connectivity index (χ2n) is 9.54. The van der Waals surface area contributed by atoms with Crippen molar-refractivity contribution in [3.8, 4) is 22.5 Å². The molecule has 0 aliphatic rings. The lowest BCUT2D eigenvalue weighted by Crippen LogP contribution is -2.18. The predicted molar refractivity (Wildman–Crippen MR) is 131 cm³/mol. The molecule has 10 heteroatoms. The molecule has 0 radical (unpaired) electrons. The lowest BCUT2D eigenvalue weighted by atomic mass is 9.91. The van der Waals surface area contributed by atoms with Gasteiger partial charge in [0.2, 0.25) is 5.82 Å². The van der Waals surface area contributed by atoms with E-state index in [0.717, 1.165) is 28.1 Å². The van der Waals surface area contributed by atoms with Gasteiger partial charge in [-0.1, -0.05) is 69.3 Å². The summed E-state index contributed by atoms with van der Waals surface area (Å²) in [5, 5.41) is 20.9. The van der Waals surface area contributed by atoms with Crippen LogP contribution in [0.1, 0.15) is 42.6 Å². The SMILES string of the molecule is CC(C)(C)Cc1nc2c(C=O)n[nH]c(=O)c2n1Cc1ccccc1-c1ccccc1-c1nn[nH]n1. The molecular weight excluding hydrogens is 444 g/mol. The van der Waals surface area contributed by atoms with E-state index in [-0.39, 0.29) is 16.7 Å². The number of hydrogen-bond acceptors (Lipinski definition) is 7. The Morgan fingerprint density at radius 2 is 1.69 bits per heavy atom. The predicted octanol–water partition coefficient (Wildman–Crippen LogP) is 3.42. The minimum atomic E-state index is -0.386. The molecule has 35 heavy (non-hydrogen) atoms. The van der Waals surface area contributed by atoms with Gasteiger partial charge in [0.15, 0.2) is 12.0 Å². The molecule has 2 N–H and O–H groups in total. The number of rotatable bonds is 6. The molecule has 0 saturated heterocycles. The first kappa shape index (κ1) is 22.3. The van der Waals surface area contributed by atoms with Crippen LogP contribution >= 0.6 is 0 Å². The molecule has 0 saturated carbocycles. The highest BCUT2D eigenvalue weighted by Gasteiger charge is 2.23. The number of nitrogens with zero attached hydrogens (tertiary/aromatic N) is 6. The summed E-state index contributed by atoms with van der Waals surface area (Å²) in [6.45, 7) is 6.70. The van der Waals surface area contributed by atoms with Crippen molar-refractivity contribution in [1.29, 1.82) is 0 Å². The smallest absolute Gasteiger partial charge is 0.290 e. The molecule has 0 atom stereocenters. The third-order valence-corrected chi connectivity index (χ3v) is 5.73. The number of H-pyrrole nitrogens is 2. The minimum absolute atomic E-state index is 0.0919. The van der Waals surface area contributed by atoms with Crippen LogP contribution in [0, 0.1) is 5.41 Å². The molecule has 3 heterocycles. The van der Waals surface area contributed by atoms with Gasteiger partial charge in [-0.25, -0.2) is 10.1 Å². The van der Waals surface area contributed by atoms with Crippen LogP contribution in [-0.2, 0) is 13.0 Å². The van der Waals surface area contributed by atoms with E-state index in [1.54, 1.807) is 0 Å². The van der Waals surface area contributed by atoms with Crippen molar-refractivity contribution in [2.45, 2.75) is 33.7 Å². The fraction of sp³-hybridized carbons (Fsp3) is 0.240. The summed E-state index contributed by atoms with van der Waals surface area (Å²) in [5.41, 5.74) is 4.01. The van der Waals surface area contributed by atoms with Crippen LogP contribution in [0.15, 0.2) is 53.3 Å². The van der Waals surface area contributed by atoms with E-state index in [2.05, 4.69) is 51.6 Å². The van der Waals surface area contributed by atoms with Gasteiger partial charge in [0.25, 0.3) is 5.56 Å². The highest BCUT2D eigenvalue weighted by atomic mass is 16.1. The van der Waals surface area contributed by atoms with Gasteiger partial charge >= 0.3 is 0 Å². The largest absolute Gasteiger partial charge is 0.319 e. The van der Waals surface area contributed by atoms with Crippen LogP contribution < -0.4 is 5.56 Å². The molecule has 2 aromatic carbocycles. The molecule has 0 spiro atoms. The van der Waals surface area contributed by atoms with Gasteiger partial charge in [0, 0.05) is 12.0 Å². The van der Waals surface area contributed by atoms with Gasteiger partial charge in [-0.05, 0) is 27.3 Å². The summed E-state index contributed by atoms with van der Waals surface area (Å²) in [4.78, 5) is 29.2. The topological polar surface area (TPSA) is 135 Å². The van der Waals surface area contributed by atoms with Gasteiger partial charge in [0.1, 0.15) is 16.9 Å². The number of aromatic amines is 2. The Kier molecular flexibility index (Phi) is 5.56. The van der Waals surface area contributed by atoms with E-state index in [1.165, 1.54) is 0 Å². The van der Waals surface area contributed by atoms with Crippen molar-refractivity contribution in [3.63, 3.8) is 0 Å². The van der Waals surface area contributed by atoms with Crippen LogP contribution in [-0.4, -0.2) is 46.7 Å². The number of imidazole rings is 1. The van der Waals surface area contributed by atoms with E-state index in [1.807, 2.05) is 53.1 Å². The fourth-order valence-corrected chi connectivity index (χ4v) is 4.27. The Hall–Kier alpha value is -4.47. The Labute approximate surface area is 200 Å². The van der Waals surface area contributed by atoms with E-state index in [0.29, 0.717) is 36.1 Å². The first-order chi connectivity index (χ1) is 16.9. The summed E-state index contributed by atoms with van der Waals surface area (Å²) < 4.78 is 1.89. The molecule has 5 rings (SSSR count). The van der Waals surface area contributed by atoms with E-state index in [4.69, 9.17) is 4.98 Å². The summed E-state index contributed by atoms with van der Waals surface area (Å²) in [6, 6.07) is 15.8. The maximum Gasteiger partial charge on any atom is 0.290 e. The third kappa shape index (κ3) is 4.25. The number of carbonyl (C=O) groups is 1. The molecule has 0 fully saturated rings. The summed E-state index contributed by atoms with van der Waals surface area (Å²) in [6.07, 6.45) is 1.23. The number of hydrogen-bond donors (Lipinski definition) is 2. The molecule has 0 unspecified atom stereocenters. The van der Waals surface area contributed by atoms with Crippen LogP contribution in [0.3, 0.4) is 0 Å². The minimum Gasteiger partial charge on any atom is -0.319 e. The zero-order valence-electron chi connectivity index (χ0n) is 19.6. The first-order valence-corrected chi connectivity index (χ1v) is 11.2. The molecular formula is C25H24N8O2. The number of carbonyl (C=O) groups excluding carboxylic acids is 1. The lowest BCUT2D eigenvalue weighted by molar-refractivity contribution is 0.111. The summed E-state index contributed by atoms with van der Waals surface area (Å²) in [7, 11) is 0. The van der Waals surface area contributed by atoms with Crippen molar-refractivity contribution >= 4 is 17.3 Å². The standard InChI is InChI=1S/C25H24N8O2/c1-25(2,3)12-20-26-21-19(14-34)27-30-24(35)22(21)33(20)13-15-8-4-5-9-16(15)17-10-6-7-11-18(17)23-28-31-32-29-23/h4-11,14H,12-13H2,1-3H3,(H,30,35)(H,28,29,31,32). The van der Waals surface area contributed by atoms with Crippen molar-refractivity contribution in [3.05, 3.63) is 76.0 Å². The monoisotopic (exact) mass is 468 g/mol. The number of fused-ring (bicyclic) bond motifs is 1. The highest BCUT2D eigenvalue weighted by Crippen LogP contribution is 2.33. The molecule has 5 aromatic rings. The highest BCUT2D eigenvalue weighted by molar-refractivity contribution is 5.91. The van der Waals surface area contributed by atoms with Crippen molar-refractivity contribution in [2.24, 2.45) is 5.41 Å². The van der Waals surface area contributed by atoms with Crippen LogP contribution in [0.25, 0.3) is 33.5 Å². The van der Waals surface area contributed by atoms with Crippen molar-refractivity contribution < 1.29 is 4.79 Å². The maximum atomic E-state index is 12.9.